The zero-order valence-electron chi connectivity index (χ0n) is 11.0. The number of ether oxygens (including phenoxy) is 1. The van der Waals surface area contributed by atoms with Crippen molar-refractivity contribution in [3.63, 3.8) is 0 Å². The van der Waals surface area contributed by atoms with E-state index in [1.807, 2.05) is 0 Å². The van der Waals surface area contributed by atoms with Crippen LogP contribution in [0, 0.1) is 0 Å². The number of nitrogens with two attached hydrogens (primary N) is 1. The Morgan fingerprint density at radius 1 is 1.32 bits per heavy atom. The fourth-order valence-electron chi connectivity index (χ4n) is 1.49. The van der Waals surface area contributed by atoms with Gasteiger partial charge in [0.1, 0.15) is 12.4 Å². The molecule has 0 aromatic heterocycles. The van der Waals surface area contributed by atoms with Gasteiger partial charge in [-0.2, -0.15) is 13.2 Å². The third-order valence-electron chi connectivity index (χ3n) is 2.83. The summed E-state index contributed by atoms with van der Waals surface area (Å²) in [6.07, 6.45) is -4.40. The first-order valence-electron chi connectivity index (χ1n) is 5.81. The first kappa shape index (κ1) is 16.1. The molecule has 108 valence electrons. The van der Waals surface area contributed by atoms with E-state index in [9.17, 15) is 13.2 Å². The highest BCUT2D eigenvalue weighted by molar-refractivity contribution is 6.30. The monoisotopic (exact) mass is 295 g/mol. The summed E-state index contributed by atoms with van der Waals surface area (Å²) in [5, 5.41) is 0.237. The van der Waals surface area contributed by atoms with E-state index in [-0.39, 0.29) is 29.0 Å². The number of halogens is 4. The highest BCUT2D eigenvalue weighted by Gasteiger charge is 2.50. The lowest BCUT2D eigenvalue weighted by molar-refractivity contribution is -0.180. The molecule has 2 nitrogen and oxygen atoms in total. The SMILES string of the molecule is C[C@H](N)COc1ccc(Cl)cc1C(C)(C)C(F)(F)F. The largest absolute Gasteiger partial charge is 0.492 e. The van der Waals surface area contributed by atoms with Crippen LogP contribution in [0.1, 0.15) is 26.3 Å². The molecule has 1 aromatic carbocycles. The number of rotatable bonds is 4. The van der Waals surface area contributed by atoms with Crippen LogP contribution < -0.4 is 10.5 Å². The number of hydrogen-bond acceptors (Lipinski definition) is 2. The minimum absolute atomic E-state index is 0.00755. The van der Waals surface area contributed by atoms with Gasteiger partial charge in [-0.25, -0.2) is 0 Å². The van der Waals surface area contributed by atoms with E-state index in [0.29, 0.717) is 0 Å². The number of benzene rings is 1. The molecule has 19 heavy (non-hydrogen) atoms. The van der Waals surface area contributed by atoms with Crippen molar-refractivity contribution in [1.29, 1.82) is 0 Å². The minimum atomic E-state index is -4.40. The molecule has 2 N–H and O–H groups in total. The van der Waals surface area contributed by atoms with Crippen LogP contribution in [0.15, 0.2) is 18.2 Å². The van der Waals surface area contributed by atoms with Crippen molar-refractivity contribution in [2.75, 3.05) is 6.61 Å². The molecule has 0 heterocycles. The van der Waals surface area contributed by atoms with Crippen molar-refractivity contribution in [1.82, 2.24) is 0 Å². The second-order valence-corrected chi connectivity index (χ2v) is 5.49. The summed E-state index contributed by atoms with van der Waals surface area (Å²) in [6, 6.07) is 3.95. The van der Waals surface area contributed by atoms with Crippen LogP contribution in [0.4, 0.5) is 13.2 Å². The summed E-state index contributed by atoms with van der Waals surface area (Å²) in [4.78, 5) is 0. The molecule has 0 unspecified atom stereocenters. The van der Waals surface area contributed by atoms with E-state index in [1.165, 1.54) is 18.2 Å². The van der Waals surface area contributed by atoms with Crippen LogP contribution in [0.3, 0.4) is 0 Å². The molecule has 0 aliphatic heterocycles. The van der Waals surface area contributed by atoms with Gasteiger partial charge in [-0.15, -0.1) is 0 Å². The summed E-state index contributed by atoms with van der Waals surface area (Å²) in [7, 11) is 0. The lowest BCUT2D eigenvalue weighted by Crippen LogP contribution is -2.37. The van der Waals surface area contributed by atoms with Gasteiger partial charge in [-0.05, 0) is 39.0 Å². The Morgan fingerprint density at radius 2 is 1.89 bits per heavy atom. The molecule has 0 fully saturated rings. The Morgan fingerprint density at radius 3 is 2.37 bits per heavy atom. The van der Waals surface area contributed by atoms with Gasteiger partial charge in [0.05, 0.1) is 5.41 Å². The minimum Gasteiger partial charge on any atom is -0.492 e. The van der Waals surface area contributed by atoms with E-state index in [1.54, 1.807) is 6.92 Å². The van der Waals surface area contributed by atoms with E-state index in [2.05, 4.69) is 0 Å². The van der Waals surface area contributed by atoms with Crippen molar-refractivity contribution in [2.45, 2.75) is 38.4 Å². The Kier molecular flexibility index (Phi) is 4.74. The van der Waals surface area contributed by atoms with E-state index in [4.69, 9.17) is 22.1 Å². The molecule has 6 heteroatoms. The first-order chi connectivity index (χ1) is 8.55. The molecule has 0 aliphatic carbocycles. The number of alkyl halides is 3. The molecule has 0 radical (unpaired) electrons. The van der Waals surface area contributed by atoms with Crippen molar-refractivity contribution >= 4 is 11.6 Å². The molecule has 0 aliphatic rings. The second kappa shape index (κ2) is 5.59. The van der Waals surface area contributed by atoms with Gasteiger partial charge in [0.2, 0.25) is 0 Å². The normalized spacial score (nSPS) is 14.3. The van der Waals surface area contributed by atoms with E-state index in [0.717, 1.165) is 13.8 Å². The molecular weight excluding hydrogens is 279 g/mol. The highest BCUT2D eigenvalue weighted by Crippen LogP contribution is 2.44. The predicted octanol–water partition coefficient (Wildman–Crippen LogP) is 3.91. The molecule has 0 spiro atoms. The third kappa shape index (κ3) is 3.76. The summed E-state index contributed by atoms with van der Waals surface area (Å²) >= 11 is 5.79. The van der Waals surface area contributed by atoms with Crippen LogP contribution in [-0.4, -0.2) is 18.8 Å². The third-order valence-corrected chi connectivity index (χ3v) is 3.06. The lowest BCUT2D eigenvalue weighted by atomic mass is 9.83. The first-order valence-corrected chi connectivity index (χ1v) is 6.18. The fourth-order valence-corrected chi connectivity index (χ4v) is 1.66. The zero-order chi connectivity index (χ0) is 14.8. The average molecular weight is 296 g/mol. The van der Waals surface area contributed by atoms with E-state index < -0.39 is 11.6 Å². The smallest absolute Gasteiger partial charge is 0.398 e. The van der Waals surface area contributed by atoms with Crippen molar-refractivity contribution < 1.29 is 17.9 Å². The zero-order valence-corrected chi connectivity index (χ0v) is 11.8. The fraction of sp³-hybridized carbons (Fsp3) is 0.538. The molecule has 0 amide bonds. The quantitative estimate of drug-likeness (QED) is 0.914. The van der Waals surface area contributed by atoms with Gasteiger partial charge < -0.3 is 10.5 Å². The molecule has 1 atom stereocenters. The maximum atomic E-state index is 13.1. The summed E-state index contributed by atoms with van der Waals surface area (Å²) in [5.41, 5.74) is 3.50. The second-order valence-electron chi connectivity index (χ2n) is 5.05. The molecule has 1 aromatic rings. The van der Waals surface area contributed by atoms with Crippen LogP contribution in [-0.2, 0) is 5.41 Å². The Hall–Kier alpha value is -0.940. The molecular formula is C13H17ClF3NO. The van der Waals surface area contributed by atoms with Gasteiger partial charge in [0, 0.05) is 16.6 Å². The lowest BCUT2D eigenvalue weighted by Gasteiger charge is -2.30. The summed E-state index contributed by atoms with van der Waals surface area (Å²) in [6.45, 7) is 4.04. The maximum absolute atomic E-state index is 13.1. The van der Waals surface area contributed by atoms with Gasteiger partial charge in [-0.3, -0.25) is 0 Å². The summed E-state index contributed by atoms with van der Waals surface area (Å²) in [5.74, 6) is 0.157. The Balaban J connectivity index is 3.21. The summed E-state index contributed by atoms with van der Waals surface area (Å²) < 4.78 is 44.7. The van der Waals surface area contributed by atoms with Gasteiger partial charge in [0.25, 0.3) is 0 Å². The van der Waals surface area contributed by atoms with Gasteiger partial charge >= 0.3 is 6.18 Å². The Labute approximate surface area is 115 Å². The van der Waals surface area contributed by atoms with Gasteiger partial charge in [0.15, 0.2) is 0 Å². The van der Waals surface area contributed by atoms with Crippen LogP contribution in [0.25, 0.3) is 0 Å². The molecule has 0 saturated heterocycles. The van der Waals surface area contributed by atoms with Crippen LogP contribution in [0.5, 0.6) is 5.75 Å². The average Bonchev–Trinajstić information content (AvgIpc) is 2.25. The van der Waals surface area contributed by atoms with Crippen LogP contribution in [0.2, 0.25) is 5.02 Å². The number of hydrogen-bond donors (Lipinski definition) is 1. The predicted molar refractivity (Wildman–Crippen MR) is 69.7 cm³/mol. The van der Waals surface area contributed by atoms with Crippen molar-refractivity contribution in [3.8, 4) is 5.75 Å². The van der Waals surface area contributed by atoms with Crippen molar-refractivity contribution in [3.05, 3.63) is 28.8 Å². The molecule has 0 saturated carbocycles. The van der Waals surface area contributed by atoms with Gasteiger partial charge in [-0.1, -0.05) is 11.6 Å². The topological polar surface area (TPSA) is 35.2 Å². The van der Waals surface area contributed by atoms with Crippen LogP contribution >= 0.6 is 11.6 Å². The standard InChI is InChI=1S/C13H17ClF3NO/c1-8(18)7-19-11-5-4-9(14)6-10(11)12(2,3)13(15,16)17/h4-6,8H,7,18H2,1-3H3/t8-/m0/s1. The van der Waals surface area contributed by atoms with E-state index >= 15 is 0 Å². The molecule has 0 bridgehead atoms. The molecule has 1 rings (SSSR count). The van der Waals surface area contributed by atoms with Crippen molar-refractivity contribution in [2.24, 2.45) is 5.73 Å². The Bertz CT molecular complexity index is 444. The maximum Gasteiger partial charge on any atom is 0.398 e. The highest BCUT2D eigenvalue weighted by atomic mass is 35.5.